The summed E-state index contributed by atoms with van der Waals surface area (Å²) in [5.74, 6) is 0.110. The minimum Gasteiger partial charge on any atom is -0.488 e. The van der Waals surface area contributed by atoms with E-state index in [1.807, 2.05) is 48.5 Å². The molecule has 0 aromatic heterocycles. The van der Waals surface area contributed by atoms with Gasteiger partial charge in [-0.2, -0.15) is 5.10 Å². The van der Waals surface area contributed by atoms with Gasteiger partial charge < -0.3 is 10.1 Å². The summed E-state index contributed by atoms with van der Waals surface area (Å²) in [4.78, 5) is 23.3. The number of rotatable bonds is 7. The van der Waals surface area contributed by atoms with Crippen LogP contribution in [-0.2, 0) is 11.4 Å². The molecule has 0 aliphatic rings. The van der Waals surface area contributed by atoms with Crippen LogP contribution < -0.4 is 15.5 Å². The van der Waals surface area contributed by atoms with Crippen molar-refractivity contribution in [2.45, 2.75) is 13.5 Å². The highest BCUT2D eigenvalue weighted by Crippen LogP contribution is 2.18. The summed E-state index contributed by atoms with van der Waals surface area (Å²) in [5.41, 5.74) is 5.25. The van der Waals surface area contributed by atoms with Crippen LogP contribution >= 0.6 is 11.6 Å². The van der Waals surface area contributed by atoms with Crippen molar-refractivity contribution in [3.63, 3.8) is 0 Å². The Bertz CT molecular complexity index is 1050. The zero-order valence-corrected chi connectivity index (χ0v) is 17.0. The van der Waals surface area contributed by atoms with Crippen molar-refractivity contribution in [2.75, 3.05) is 5.32 Å². The van der Waals surface area contributed by atoms with Gasteiger partial charge in [0.2, 0.25) is 5.91 Å². The monoisotopic (exact) mass is 421 g/mol. The molecule has 0 atom stereocenters. The molecular formula is C23H20ClN3O3. The molecule has 30 heavy (non-hydrogen) atoms. The van der Waals surface area contributed by atoms with E-state index in [1.165, 1.54) is 13.1 Å². The second kappa shape index (κ2) is 10.2. The van der Waals surface area contributed by atoms with Crippen LogP contribution in [0.25, 0.3) is 0 Å². The maximum absolute atomic E-state index is 12.2. The molecule has 0 heterocycles. The van der Waals surface area contributed by atoms with Gasteiger partial charge >= 0.3 is 0 Å². The number of carbonyl (C=O) groups excluding carboxylic acids is 2. The molecule has 3 aromatic carbocycles. The van der Waals surface area contributed by atoms with E-state index < -0.39 is 0 Å². The van der Waals surface area contributed by atoms with Gasteiger partial charge in [-0.1, -0.05) is 35.9 Å². The zero-order valence-electron chi connectivity index (χ0n) is 16.3. The molecule has 0 saturated carbocycles. The molecule has 0 radical (unpaired) electrons. The van der Waals surface area contributed by atoms with Gasteiger partial charge in [0.05, 0.1) is 6.21 Å². The standard InChI is InChI=1S/C23H20ClN3O3/c1-16(28)26-21-12-8-18(9-13-21)23(29)27-25-14-19-4-2-3-5-22(19)30-15-17-6-10-20(24)11-7-17/h2-14H,15H2,1H3,(H,26,28)(H,27,29). The Morgan fingerprint density at radius 2 is 1.70 bits per heavy atom. The number of hydrazone groups is 1. The van der Waals surface area contributed by atoms with Crippen molar-refractivity contribution < 1.29 is 14.3 Å². The Hall–Kier alpha value is -3.64. The summed E-state index contributed by atoms with van der Waals surface area (Å²) in [6, 6.07) is 21.3. The average Bonchev–Trinajstić information content (AvgIpc) is 2.74. The van der Waals surface area contributed by atoms with Gasteiger partial charge in [-0.05, 0) is 54.1 Å². The average molecular weight is 422 g/mol. The fourth-order valence-electron chi connectivity index (χ4n) is 2.59. The molecule has 0 aliphatic carbocycles. The molecule has 2 amide bonds. The van der Waals surface area contributed by atoms with Crippen LogP contribution in [0.5, 0.6) is 5.75 Å². The second-order valence-corrected chi connectivity index (χ2v) is 6.85. The third-order valence-electron chi connectivity index (χ3n) is 4.06. The van der Waals surface area contributed by atoms with E-state index in [0.717, 1.165) is 11.1 Å². The van der Waals surface area contributed by atoms with Crippen molar-refractivity contribution in [2.24, 2.45) is 5.10 Å². The molecular weight excluding hydrogens is 402 g/mol. The van der Waals surface area contributed by atoms with Gasteiger partial charge in [-0.25, -0.2) is 5.43 Å². The second-order valence-electron chi connectivity index (χ2n) is 6.41. The van der Waals surface area contributed by atoms with Crippen LogP contribution in [0.4, 0.5) is 5.69 Å². The van der Waals surface area contributed by atoms with Crippen LogP contribution in [0.3, 0.4) is 0 Å². The number of halogens is 1. The molecule has 7 heteroatoms. The van der Waals surface area contributed by atoms with E-state index in [4.69, 9.17) is 16.3 Å². The number of nitrogens with one attached hydrogen (secondary N) is 2. The van der Waals surface area contributed by atoms with Crippen molar-refractivity contribution in [3.8, 4) is 5.75 Å². The molecule has 0 saturated heterocycles. The quantitative estimate of drug-likeness (QED) is 0.430. The van der Waals surface area contributed by atoms with E-state index in [2.05, 4.69) is 15.8 Å². The number of para-hydroxylation sites is 1. The Labute approximate surface area is 179 Å². The van der Waals surface area contributed by atoms with E-state index in [-0.39, 0.29) is 11.8 Å². The van der Waals surface area contributed by atoms with E-state index in [0.29, 0.717) is 28.6 Å². The van der Waals surface area contributed by atoms with Gasteiger partial charge in [0, 0.05) is 28.8 Å². The Morgan fingerprint density at radius 1 is 1.00 bits per heavy atom. The van der Waals surface area contributed by atoms with Crippen LogP contribution in [0.15, 0.2) is 77.9 Å². The van der Waals surface area contributed by atoms with Gasteiger partial charge in [0.1, 0.15) is 12.4 Å². The third-order valence-corrected chi connectivity index (χ3v) is 4.32. The van der Waals surface area contributed by atoms with Gasteiger partial charge in [0.25, 0.3) is 5.91 Å². The molecule has 0 spiro atoms. The molecule has 0 aliphatic heterocycles. The van der Waals surface area contributed by atoms with Crippen molar-refractivity contribution in [3.05, 3.63) is 94.5 Å². The van der Waals surface area contributed by atoms with Crippen LogP contribution in [0.1, 0.15) is 28.4 Å². The Morgan fingerprint density at radius 3 is 2.40 bits per heavy atom. The van der Waals surface area contributed by atoms with Crippen molar-refractivity contribution >= 4 is 35.3 Å². The summed E-state index contributed by atoms with van der Waals surface area (Å²) >= 11 is 5.90. The molecule has 2 N–H and O–H groups in total. The predicted molar refractivity (Wildman–Crippen MR) is 118 cm³/mol. The van der Waals surface area contributed by atoms with Crippen LogP contribution in [0.2, 0.25) is 5.02 Å². The summed E-state index contributed by atoms with van der Waals surface area (Å²) in [7, 11) is 0. The number of hydrogen-bond donors (Lipinski definition) is 2. The molecule has 0 unspecified atom stereocenters. The molecule has 0 fully saturated rings. The highest BCUT2D eigenvalue weighted by Gasteiger charge is 2.05. The fraction of sp³-hybridized carbons (Fsp3) is 0.0870. The molecule has 6 nitrogen and oxygen atoms in total. The minimum atomic E-state index is -0.361. The smallest absolute Gasteiger partial charge is 0.271 e. The predicted octanol–water partition coefficient (Wildman–Crippen LogP) is 4.64. The minimum absolute atomic E-state index is 0.172. The zero-order chi connectivity index (χ0) is 21.3. The first-order chi connectivity index (χ1) is 14.5. The number of anilines is 1. The Kier molecular flexibility index (Phi) is 7.19. The largest absolute Gasteiger partial charge is 0.488 e. The Balaban J connectivity index is 1.59. The number of nitrogens with zero attached hydrogens (tertiary/aromatic N) is 1. The highest BCUT2D eigenvalue weighted by molar-refractivity contribution is 6.30. The first-order valence-corrected chi connectivity index (χ1v) is 9.56. The fourth-order valence-corrected chi connectivity index (χ4v) is 2.72. The lowest BCUT2D eigenvalue weighted by Gasteiger charge is -2.09. The maximum Gasteiger partial charge on any atom is 0.271 e. The third kappa shape index (κ3) is 6.18. The van der Waals surface area contributed by atoms with Crippen LogP contribution in [0, 0.1) is 0 Å². The number of amides is 2. The highest BCUT2D eigenvalue weighted by atomic mass is 35.5. The summed E-state index contributed by atoms with van der Waals surface area (Å²) in [5, 5.41) is 7.34. The van der Waals surface area contributed by atoms with E-state index in [9.17, 15) is 9.59 Å². The lowest BCUT2D eigenvalue weighted by molar-refractivity contribution is -0.114. The first-order valence-electron chi connectivity index (χ1n) is 9.18. The maximum atomic E-state index is 12.2. The number of hydrogen-bond acceptors (Lipinski definition) is 4. The van der Waals surface area contributed by atoms with Crippen molar-refractivity contribution in [1.29, 1.82) is 0 Å². The summed E-state index contributed by atoms with van der Waals surface area (Å²) < 4.78 is 5.87. The van der Waals surface area contributed by atoms with Crippen LogP contribution in [-0.4, -0.2) is 18.0 Å². The number of benzene rings is 3. The molecule has 152 valence electrons. The van der Waals surface area contributed by atoms with Gasteiger partial charge in [-0.15, -0.1) is 0 Å². The number of ether oxygens (including phenoxy) is 1. The van der Waals surface area contributed by atoms with E-state index >= 15 is 0 Å². The van der Waals surface area contributed by atoms with E-state index in [1.54, 1.807) is 24.3 Å². The lowest BCUT2D eigenvalue weighted by atomic mass is 10.2. The van der Waals surface area contributed by atoms with Crippen molar-refractivity contribution in [1.82, 2.24) is 5.43 Å². The van der Waals surface area contributed by atoms with Gasteiger partial charge in [-0.3, -0.25) is 9.59 Å². The molecule has 0 bridgehead atoms. The first kappa shape index (κ1) is 21.1. The molecule has 3 aromatic rings. The summed E-state index contributed by atoms with van der Waals surface area (Å²) in [6.45, 7) is 1.81. The normalized spacial score (nSPS) is 10.6. The number of carbonyl (C=O) groups is 2. The lowest BCUT2D eigenvalue weighted by Crippen LogP contribution is -2.17. The topological polar surface area (TPSA) is 79.8 Å². The molecule has 3 rings (SSSR count). The van der Waals surface area contributed by atoms with Gasteiger partial charge in [0.15, 0.2) is 0 Å². The SMILES string of the molecule is CC(=O)Nc1ccc(C(=O)NN=Cc2ccccc2OCc2ccc(Cl)cc2)cc1. The summed E-state index contributed by atoms with van der Waals surface area (Å²) in [6.07, 6.45) is 1.53.